The number of likely N-dealkylation sites (N-methyl/N-ethyl adjacent to an activating group) is 1. The van der Waals surface area contributed by atoms with E-state index in [9.17, 15) is 0 Å². The van der Waals surface area contributed by atoms with Crippen LogP contribution in [0.15, 0.2) is 0 Å². The molecule has 2 heteroatoms. The van der Waals surface area contributed by atoms with Gasteiger partial charge in [-0.05, 0) is 38.9 Å². The molecule has 2 atom stereocenters. The van der Waals surface area contributed by atoms with Gasteiger partial charge in [0.15, 0.2) is 0 Å². The lowest BCUT2D eigenvalue weighted by atomic mass is 9.93. The first kappa shape index (κ1) is 6.62. The number of nitrogens with zero attached hydrogens (tertiary/aromatic N) is 1. The van der Waals surface area contributed by atoms with E-state index in [0.717, 1.165) is 12.0 Å². The number of likely N-dealkylation sites (tertiary alicyclic amines) is 1. The van der Waals surface area contributed by atoms with Crippen molar-refractivity contribution >= 4 is 0 Å². The predicted molar refractivity (Wildman–Crippen MR) is 42.0 cm³/mol. The van der Waals surface area contributed by atoms with Crippen LogP contribution in [0.3, 0.4) is 0 Å². The summed E-state index contributed by atoms with van der Waals surface area (Å²) >= 11 is 0. The Kier molecular flexibility index (Phi) is 1.66. The van der Waals surface area contributed by atoms with Crippen LogP contribution in [0.2, 0.25) is 0 Å². The van der Waals surface area contributed by atoms with E-state index in [0.29, 0.717) is 0 Å². The molecule has 0 spiro atoms. The molecule has 2 saturated heterocycles. The molecule has 0 aromatic heterocycles. The van der Waals surface area contributed by atoms with E-state index in [1.54, 1.807) is 0 Å². The van der Waals surface area contributed by atoms with Gasteiger partial charge in [0.1, 0.15) is 0 Å². The Hall–Kier alpha value is -0.0800. The summed E-state index contributed by atoms with van der Waals surface area (Å²) in [5.41, 5.74) is 0. The van der Waals surface area contributed by atoms with Crippen LogP contribution in [0, 0.1) is 5.92 Å². The Morgan fingerprint density at radius 3 is 3.20 bits per heavy atom. The molecule has 58 valence electrons. The molecule has 0 aromatic carbocycles. The van der Waals surface area contributed by atoms with Gasteiger partial charge in [-0.25, -0.2) is 0 Å². The van der Waals surface area contributed by atoms with Crippen molar-refractivity contribution < 1.29 is 0 Å². The van der Waals surface area contributed by atoms with Gasteiger partial charge in [-0.1, -0.05) is 0 Å². The Morgan fingerprint density at radius 1 is 1.40 bits per heavy atom. The third-order valence-corrected chi connectivity index (χ3v) is 2.88. The van der Waals surface area contributed by atoms with Crippen LogP contribution in [-0.2, 0) is 0 Å². The van der Waals surface area contributed by atoms with Gasteiger partial charge in [0, 0.05) is 12.6 Å². The maximum absolute atomic E-state index is 3.55. The van der Waals surface area contributed by atoms with Gasteiger partial charge in [-0.3, -0.25) is 0 Å². The molecule has 0 bridgehead atoms. The summed E-state index contributed by atoms with van der Waals surface area (Å²) in [6.07, 6.45) is 2.83. The first-order valence-electron chi connectivity index (χ1n) is 4.28. The molecule has 1 N–H and O–H groups in total. The Labute approximate surface area is 62.6 Å². The Bertz CT molecular complexity index is 124. The van der Waals surface area contributed by atoms with E-state index in [-0.39, 0.29) is 0 Å². The van der Waals surface area contributed by atoms with Crippen LogP contribution in [0.5, 0.6) is 0 Å². The highest BCUT2D eigenvalue weighted by Crippen LogP contribution is 2.23. The standard InChI is InChI=1S/C8H16N2/c1-10-5-3-7-2-4-9-8(7)6-10/h7-9H,2-6H2,1H3/t7-,8?/m0/s1. The highest BCUT2D eigenvalue weighted by Gasteiger charge is 2.30. The zero-order chi connectivity index (χ0) is 6.97. The Morgan fingerprint density at radius 2 is 2.30 bits per heavy atom. The van der Waals surface area contributed by atoms with Crippen molar-refractivity contribution in [3.8, 4) is 0 Å². The SMILES string of the molecule is CN1CC[C@@H]2CCNC2C1. The second kappa shape index (κ2) is 2.51. The average molecular weight is 140 g/mol. The summed E-state index contributed by atoms with van der Waals surface area (Å²) in [6.45, 7) is 3.83. The van der Waals surface area contributed by atoms with E-state index >= 15 is 0 Å². The van der Waals surface area contributed by atoms with Gasteiger partial charge in [-0.15, -0.1) is 0 Å². The van der Waals surface area contributed by atoms with Crippen molar-refractivity contribution in [3.05, 3.63) is 0 Å². The fraction of sp³-hybridized carbons (Fsp3) is 1.00. The van der Waals surface area contributed by atoms with Crippen molar-refractivity contribution in [1.29, 1.82) is 0 Å². The smallest absolute Gasteiger partial charge is 0.0224 e. The zero-order valence-electron chi connectivity index (χ0n) is 6.64. The first-order valence-corrected chi connectivity index (χ1v) is 4.28. The third-order valence-electron chi connectivity index (χ3n) is 2.88. The number of rotatable bonds is 0. The van der Waals surface area contributed by atoms with Gasteiger partial charge in [0.2, 0.25) is 0 Å². The highest BCUT2D eigenvalue weighted by atomic mass is 15.1. The van der Waals surface area contributed by atoms with E-state index in [4.69, 9.17) is 0 Å². The average Bonchev–Trinajstić information content (AvgIpc) is 2.33. The maximum atomic E-state index is 3.55. The van der Waals surface area contributed by atoms with Crippen molar-refractivity contribution in [3.63, 3.8) is 0 Å². The summed E-state index contributed by atoms with van der Waals surface area (Å²) in [5, 5.41) is 3.55. The maximum Gasteiger partial charge on any atom is 0.0224 e. The first-order chi connectivity index (χ1) is 4.86. The quantitative estimate of drug-likeness (QED) is 0.520. The summed E-state index contributed by atoms with van der Waals surface area (Å²) in [4.78, 5) is 2.43. The molecule has 0 saturated carbocycles. The summed E-state index contributed by atoms with van der Waals surface area (Å²) in [6, 6.07) is 0.818. The fourth-order valence-electron chi connectivity index (χ4n) is 2.19. The van der Waals surface area contributed by atoms with Gasteiger partial charge in [-0.2, -0.15) is 0 Å². The number of piperidine rings is 1. The zero-order valence-corrected chi connectivity index (χ0v) is 6.64. The molecule has 2 aliphatic rings. The molecule has 2 heterocycles. The van der Waals surface area contributed by atoms with Crippen LogP contribution >= 0.6 is 0 Å². The molecular weight excluding hydrogens is 124 g/mol. The molecule has 2 nitrogen and oxygen atoms in total. The topological polar surface area (TPSA) is 15.3 Å². The van der Waals surface area contributed by atoms with E-state index < -0.39 is 0 Å². The second-order valence-corrected chi connectivity index (χ2v) is 3.66. The lowest BCUT2D eigenvalue weighted by Gasteiger charge is -2.31. The molecular formula is C8H16N2. The van der Waals surface area contributed by atoms with Crippen LogP contribution < -0.4 is 5.32 Å². The minimum atomic E-state index is 0.818. The Balaban J connectivity index is 1.96. The van der Waals surface area contributed by atoms with Gasteiger partial charge in [0.05, 0.1) is 0 Å². The minimum absolute atomic E-state index is 0.818. The number of hydrogen-bond donors (Lipinski definition) is 1. The molecule has 0 radical (unpaired) electrons. The number of nitrogens with one attached hydrogen (secondary N) is 1. The summed E-state index contributed by atoms with van der Waals surface area (Å²) in [5.74, 6) is 0.996. The molecule has 2 fully saturated rings. The fourth-order valence-corrected chi connectivity index (χ4v) is 2.19. The van der Waals surface area contributed by atoms with Crippen molar-refractivity contribution in [2.24, 2.45) is 5.92 Å². The molecule has 0 aliphatic carbocycles. The monoisotopic (exact) mass is 140 g/mol. The van der Waals surface area contributed by atoms with Crippen LogP contribution in [0.1, 0.15) is 12.8 Å². The number of hydrogen-bond acceptors (Lipinski definition) is 2. The molecule has 1 unspecified atom stereocenters. The number of fused-ring (bicyclic) bond motifs is 1. The van der Waals surface area contributed by atoms with Crippen LogP contribution in [0.4, 0.5) is 0 Å². The normalized spacial score (nSPS) is 41.7. The lowest BCUT2D eigenvalue weighted by Crippen LogP contribution is -2.44. The van der Waals surface area contributed by atoms with E-state index in [2.05, 4.69) is 17.3 Å². The van der Waals surface area contributed by atoms with Gasteiger partial charge < -0.3 is 10.2 Å². The lowest BCUT2D eigenvalue weighted by molar-refractivity contribution is 0.198. The van der Waals surface area contributed by atoms with E-state index in [1.807, 2.05) is 0 Å². The second-order valence-electron chi connectivity index (χ2n) is 3.66. The summed E-state index contributed by atoms with van der Waals surface area (Å²) in [7, 11) is 2.22. The third kappa shape index (κ3) is 1.06. The van der Waals surface area contributed by atoms with Crippen LogP contribution in [0.25, 0.3) is 0 Å². The van der Waals surface area contributed by atoms with Gasteiger partial charge in [0.25, 0.3) is 0 Å². The molecule has 2 rings (SSSR count). The van der Waals surface area contributed by atoms with Gasteiger partial charge >= 0.3 is 0 Å². The predicted octanol–water partition coefficient (Wildman–Crippen LogP) is 0.300. The summed E-state index contributed by atoms with van der Waals surface area (Å²) < 4.78 is 0. The largest absolute Gasteiger partial charge is 0.312 e. The van der Waals surface area contributed by atoms with Crippen molar-refractivity contribution in [2.75, 3.05) is 26.7 Å². The molecule has 0 aromatic rings. The highest BCUT2D eigenvalue weighted by molar-refractivity contribution is 4.89. The van der Waals surface area contributed by atoms with Crippen molar-refractivity contribution in [1.82, 2.24) is 10.2 Å². The minimum Gasteiger partial charge on any atom is -0.312 e. The molecule has 0 amide bonds. The molecule has 10 heavy (non-hydrogen) atoms. The van der Waals surface area contributed by atoms with Crippen LogP contribution in [-0.4, -0.2) is 37.6 Å². The van der Waals surface area contributed by atoms with Crippen molar-refractivity contribution in [2.45, 2.75) is 18.9 Å². The molecule has 2 aliphatic heterocycles. The van der Waals surface area contributed by atoms with E-state index in [1.165, 1.54) is 32.5 Å².